The second-order valence-electron chi connectivity index (χ2n) is 5.72. The largest absolute Gasteiger partial charge is 0.302 e. The van der Waals surface area contributed by atoms with Gasteiger partial charge in [0.15, 0.2) is 9.84 Å². The zero-order chi connectivity index (χ0) is 13.7. The number of nitrogens with zero attached hydrogens (tertiary/aromatic N) is 1. The van der Waals surface area contributed by atoms with E-state index >= 15 is 0 Å². The van der Waals surface area contributed by atoms with Crippen molar-refractivity contribution in [2.45, 2.75) is 51.1 Å². The predicted octanol–water partition coefficient (Wildman–Crippen LogP) is 1.78. The number of hydrogen-bond donors (Lipinski definition) is 1. The summed E-state index contributed by atoms with van der Waals surface area (Å²) in [6.45, 7) is 4.17. The standard InChI is InChI=1S/C13H20N2O2S2/c1-3-11-9(2)18-12(14-11)13(15-10-4-5-10)6-7-19(16,17)8-13/h10,15H,3-8H2,1-2H3. The van der Waals surface area contributed by atoms with Gasteiger partial charge in [-0.2, -0.15) is 0 Å². The average molecular weight is 300 g/mol. The predicted molar refractivity (Wildman–Crippen MR) is 77.3 cm³/mol. The molecule has 0 amide bonds. The van der Waals surface area contributed by atoms with Crippen LogP contribution in [0.4, 0.5) is 0 Å². The van der Waals surface area contributed by atoms with E-state index in [-0.39, 0.29) is 11.5 Å². The van der Waals surface area contributed by atoms with Crippen LogP contribution in [0.3, 0.4) is 0 Å². The minimum absolute atomic E-state index is 0.215. The summed E-state index contributed by atoms with van der Waals surface area (Å²) in [5.41, 5.74) is 0.698. The summed E-state index contributed by atoms with van der Waals surface area (Å²) in [6, 6.07) is 0.489. The third-order valence-electron chi connectivity index (χ3n) is 4.00. The van der Waals surface area contributed by atoms with Gasteiger partial charge in [0, 0.05) is 10.9 Å². The monoisotopic (exact) mass is 300 g/mol. The van der Waals surface area contributed by atoms with Gasteiger partial charge in [-0.25, -0.2) is 13.4 Å². The van der Waals surface area contributed by atoms with E-state index in [0.29, 0.717) is 12.5 Å². The first kappa shape index (κ1) is 13.5. The van der Waals surface area contributed by atoms with E-state index in [0.717, 1.165) is 30.0 Å². The fourth-order valence-electron chi connectivity index (χ4n) is 2.77. The average Bonchev–Trinajstić information content (AvgIpc) is 2.97. The smallest absolute Gasteiger partial charge is 0.152 e. The summed E-state index contributed by atoms with van der Waals surface area (Å²) in [7, 11) is -2.93. The first-order chi connectivity index (χ1) is 8.94. The maximum absolute atomic E-state index is 11.9. The Morgan fingerprint density at radius 2 is 2.21 bits per heavy atom. The highest BCUT2D eigenvalue weighted by Gasteiger charge is 2.48. The van der Waals surface area contributed by atoms with E-state index in [1.54, 1.807) is 11.3 Å². The molecule has 1 unspecified atom stereocenters. The van der Waals surface area contributed by atoms with Crippen LogP contribution in [0.15, 0.2) is 0 Å². The molecule has 1 saturated carbocycles. The summed E-state index contributed by atoms with van der Waals surface area (Å²) < 4.78 is 23.8. The van der Waals surface area contributed by atoms with Gasteiger partial charge < -0.3 is 5.32 Å². The molecule has 1 aromatic rings. The molecule has 19 heavy (non-hydrogen) atoms. The normalized spacial score (nSPS) is 29.8. The third-order valence-corrected chi connectivity index (χ3v) is 6.98. The molecular weight excluding hydrogens is 280 g/mol. The van der Waals surface area contributed by atoms with Crippen molar-refractivity contribution >= 4 is 21.2 Å². The lowest BCUT2D eigenvalue weighted by Crippen LogP contribution is -2.44. The SMILES string of the molecule is CCc1nc(C2(NC3CC3)CCS(=O)(=O)C2)sc1C. The van der Waals surface area contributed by atoms with E-state index in [1.807, 2.05) is 0 Å². The fourth-order valence-corrected chi connectivity index (χ4v) is 5.97. The van der Waals surface area contributed by atoms with Crippen LogP contribution in [0.2, 0.25) is 0 Å². The van der Waals surface area contributed by atoms with E-state index in [2.05, 4.69) is 19.2 Å². The van der Waals surface area contributed by atoms with Crippen LogP contribution in [0.25, 0.3) is 0 Å². The quantitative estimate of drug-likeness (QED) is 0.921. The molecular formula is C13H20N2O2S2. The van der Waals surface area contributed by atoms with Crippen molar-refractivity contribution < 1.29 is 8.42 Å². The molecule has 6 heteroatoms. The molecule has 2 fully saturated rings. The van der Waals surface area contributed by atoms with Gasteiger partial charge in [-0.1, -0.05) is 6.92 Å². The Morgan fingerprint density at radius 1 is 1.47 bits per heavy atom. The van der Waals surface area contributed by atoms with Crippen molar-refractivity contribution in [3.8, 4) is 0 Å². The lowest BCUT2D eigenvalue weighted by molar-refractivity contribution is 0.369. The maximum atomic E-state index is 11.9. The fraction of sp³-hybridized carbons (Fsp3) is 0.769. The molecule has 2 aliphatic rings. The Morgan fingerprint density at radius 3 is 2.68 bits per heavy atom. The van der Waals surface area contributed by atoms with Crippen molar-refractivity contribution in [1.29, 1.82) is 0 Å². The molecule has 106 valence electrons. The molecule has 3 rings (SSSR count). The number of thiazole rings is 1. The Kier molecular flexibility index (Phi) is 3.22. The molecule has 0 radical (unpaired) electrons. The number of hydrogen-bond acceptors (Lipinski definition) is 5. The van der Waals surface area contributed by atoms with Crippen LogP contribution in [0.1, 0.15) is 41.8 Å². The third kappa shape index (κ3) is 2.58. The number of rotatable bonds is 4. The summed E-state index contributed by atoms with van der Waals surface area (Å²) in [5.74, 6) is 0.499. The number of aryl methyl sites for hydroxylation is 2. The van der Waals surface area contributed by atoms with Crippen LogP contribution < -0.4 is 5.32 Å². The Bertz CT molecular complexity index is 590. The maximum Gasteiger partial charge on any atom is 0.152 e. The minimum atomic E-state index is -2.93. The highest BCUT2D eigenvalue weighted by atomic mass is 32.2. The molecule has 1 N–H and O–H groups in total. The molecule has 4 nitrogen and oxygen atoms in total. The Balaban J connectivity index is 1.98. The van der Waals surface area contributed by atoms with Crippen LogP contribution in [0.5, 0.6) is 0 Å². The van der Waals surface area contributed by atoms with Crippen LogP contribution in [0, 0.1) is 6.92 Å². The molecule has 2 heterocycles. The molecule has 1 saturated heterocycles. The van der Waals surface area contributed by atoms with Gasteiger partial charge in [0.1, 0.15) is 5.01 Å². The number of aromatic nitrogens is 1. The van der Waals surface area contributed by atoms with Crippen molar-refractivity contribution in [3.63, 3.8) is 0 Å². The molecule has 1 aromatic heterocycles. The van der Waals surface area contributed by atoms with E-state index < -0.39 is 15.4 Å². The number of sulfone groups is 1. The molecule has 0 spiro atoms. The van der Waals surface area contributed by atoms with Crippen LogP contribution in [-0.4, -0.2) is 30.9 Å². The molecule has 0 aromatic carbocycles. The van der Waals surface area contributed by atoms with Gasteiger partial charge in [0.2, 0.25) is 0 Å². The lowest BCUT2D eigenvalue weighted by Gasteiger charge is -2.27. The Labute approximate surface area is 118 Å². The van der Waals surface area contributed by atoms with Gasteiger partial charge in [0.25, 0.3) is 0 Å². The van der Waals surface area contributed by atoms with Crippen molar-refractivity contribution in [2.75, 3.05) is 11.5 Å². The summed E-state index contributed by atoms with van der Waals surface area (Å²) in [6.07, 6.45) is 3.90. The molecule has 1 atom stereocenters. The number of nitrogens with one attached hydrogen (secondary N) is 1. The van der Waals surface area contributed by atoms with E-state index in [9.17, 15) is 8.42 Å². The second kappa shape index (κ2) is 4.53. The highest BCUT2D eigenvalue weighted by molar-refractivity contribution is 7.91. The molecule has 0 bridgehead atoms. The van der Waals surface area contributed by atoms with Gasteiger partial charge in [0.05, 0.1) is 22.7 Å². The Hall–Kier alpha value is -0.460. The summed E-state index contributed by atoms with van der Waals surface area (Å²) >= 11 is 1.67. The first-order valence-corrected chi connectivity index (χ1v) is 9.53. The highest BCUT2D eigenvalue weighted by Crippen LogP contribution is 2.39. The van der Waals surface area contributed by atoms with Gasteiger partial charge in [-0.15, -0.1) is 11.3 Å². The van der Waals surface area contributed by atoms with Crippen LogP contribution >= 0.6 is 11.3 Å². The van der Waals surface area contributed by atoms with Crippen molar-refractivity contribution in [3.05, 3.63) is 15.6 Å². The summed E-state index contributed by atoms with van der Waals surface area (Å²) in [5, 5.41) is 4.55. The topological polar surface area (TPSA) is 59.1 Å². The van der Waals surface area contributed by atoms with Crippen molar-refractivity contribution in [2.24, 2.45) is 0 Å². The molecule has 1 aliphatic carbocycles. The van der Waals surface area contributed by atoms with Gasteiger partial charge in [-0.3, -0.25) is 0 Å². The minimum Gasteiger partial charge on any atom is -0.302 e. The van der Waals surface area contributed by atoms with Crippen LogP contribution in [-0.2, 0) is 21.8 Å². The van der Waals surface area contributed by atoms with E-state index in [4.69, 9.17) is 4.98 Å². The van der Waals surface area contributed by atoms with Crippen molar-refractivity contribution in [1.82, 2.24) is 10.3 Å². The zero-order valence-corrected chi connectivity index (χ0v) is 13.0. The van der Waals surface area contributed by atoms with Gasteiger partial charge in [-0.05, 0) is 32.6 Å². The van der Waals surface area contributed by atoms with Gasteiger partial charge >= 0.3 is 0 Å². The second-order valence-corrected chi connectivity index (χ2v) is 9.11. The summed E-state index contributed by atoms with van der Waals surface area (Å²) in [4.78, 5) is 5.94. The molecule has 1 aliphatic heterocycles. The first-order valence-electron chi connectivity index (χ1n) is 6.89. The lowest BCUT2D eigenvalue weighted by atomic mass is 9.99. The zero-order valence-electron chi connectivity index (χ0n) is 11.4. The van der Waals surface area contributed by atoms with E-state index in [1.165, 1.54) is 4.88 Å².